The number of nitrogens with zero attached hydrogens (tertiary/aromatic N) is 1. The summed E-state index contributed by atoms with van der Waals surface area (Å²) in [5.74, 6) is 0.985. The molecule has 0 radical (unpaired) electrons. The van der Waals surface area contributed by atoms with Crippen LogP contribution < -0.4 is 0 Å². The van der Waals surface area contributed by atoms with E-state index in [1.54, 1.807) is 0 Å². The highest BCUT2D eigenvalue weighted by Crippen LogP contribution is 2.47. The molecule has 32 heavy (non-hydrogen) atoms. The molecular formula is C27H37NO4. The van der Waals surface area contributed by atoms with Gasteiger partial charge in [0.25, 0.3) is 0 Å². The van der Waals surface area contributed by atoms with Crippen LogP contribution in [0.25, 0.3) is 0 Å². The van der Waals surface area contributed by atoms with Crippen molar-refractivity contribution in [2.75, 3.05) is 26.3 Å². The number of likely N-dealkylation sites (tertiary alicyclic amines) is 1. The van der Waals surface area contributed by atoms with E-state index in [1.165, 1.54) is 11.1 Å². The van der Waals surface area contributed by atoms with Gasteiger partial charge < -0.3 is 19.8 Å². The number of carbonyl (C=O) groups is 1. The monoisotopic (exact) mass is 439 g/mol. The number of allylic oxidation sites excluding steroid dienone is 1. The molecule has 5 heteroatoms. The molecule has 3 aliphatic rings. The van der Waals surface area contributed by atoms with E-state index in [0.29, 0.717) is 24.9 Å². The molecule has 4 rings (SSSR count). The van der Waals surface area contributed by atoms with Crippen molar-refractivity contribution < 1.29 is 19.7 Å². The second-order valence-electron chi connectivity index (χ2n) is 9.77. The molecular weight excluding hydrogens is 402 g/mol. The van der Waals surface area contributed by atoms with Crippen molar-refractivity contribution in [1.29, 1.82) is 0 Å². The summed E-state index contributed by atoms with van der Waals surface area (Å²) in [7, 11) is 0. The minimum absolute atomic E-state index is 0.0820. The van der Waals surface area contributed by atoms with Gasteiger partial charge in [0.1, 0.15) is 6.61 Å². The zero-order valence-corrected chi connectivity index (χ0v) is 19.2. The lowest BCUT2D eigenvalue weighted by molar-refractivity contribution is -0.135. The predicted molar refractivity (Wildman–Crippen MR) is 125 cm³/mol. The maximum absolute atomic E-state index is 12.1. The van der Waals surface area contributed by atoms with Crippen LogP contribution in [0.5, 0.6) is 0 Å². The second kappa shape index (κ2) is 10.8. The Balaban J connectivity index is 1.22. The van der Waals surface area contributed by atoms with Gasteiger partial charge in [-0.1, -0.05) is 53.6 Å². The molecule has 2 fully saturated rings. The van der Waals surface area contributed by atoms with Crippen LogP contribution >= 0.6 is 0 Å². The number of rotatable bonds is 9. The fraction of sp³-hybridized carbons (Fsp3) is 0.593. The van der Waals surface area contributed by atoms with Gasteiger partial charge >= 0.3 is 0 Å². The largest absolute Gasteiger partial charge is 0.392 e. The van der Waals surface area contributed by atoms with Gasteiger partial charge in [-0.15, -0.1) is 0 Å². The van der Waals surface area contributed by atoms with Gasteiger partial charge in [-0.05, 0) is 56.4 Å². The number of amides is 1. The Morgan fingerprint density at radius 1 is 1.31 bits per heavy atom. The topological polar surface area (TPSA) is 70.0 Å². The van der Waals surface area contributed by atoms with Gasteiger partial charge in [0.15, 0.2) is 0 Å². The van der Waals surface area contributed by atoms with Crippen LogP contribution in [0.3, 0.4) is 0 Å². The fourth-order valence-corrected chi connectivity index (χ4v) is 5.62. The second-order valence-corrected chi connectivity index (χ2v) is 9.77. The first-order chi connectivity index (χ1) is 15.5. The first-order valence-electron chi connectivity index (χ1n) is 12.1. The molecule has 1 saturated heterocycles. The number of carbonyl (C=O) groups excluding carboxylic acids is 1. The van der Waals surface area contributed by atoms with E-state index < -0.39 is 6.10 Å². The lowest BCUT2D eigenvalue weighted by Crippen LogP contribution is -2.31. The molecule has 0 unspecified atom stereocenters. The molecule has 5 nitrogen and oxygen atoms in total. The van der Waals surface area contributed by atoms with Crippen molar-refractivity contribution in [3.05, 3.63) is 59.2 Å². The average Bonchev–Trinajstić information content (AvgIpc) is 3.47. The Morgan fingerprint density at radius 3 is 2.91 bits per heavy atom. The first-order valence-corrected chi connectivity index (χ1v) is 12.1. The summed E-state index contributed by atoms with van der Waals surface area (Å²) >= 11 is 0. The third kappa shape index (κ3) is 5.89. The Labute approximate surface area is 191 Å². The van der Waals surface area contributed by atoms with E-state index in [9.17, 15) is 15.0 Å². The molecule has 1 heterocycles. The highest BCUT2D eigenvalue weighted by molar-refractivity contribution is 5.77. The molecule has 2 aliphatic carbocycles. The summed E-state index contributed by atoms with van der Waals surface area (Å²) in [5.41, 5.74) is 3.70. The molecule has 1 aromatic rings. The Kier molecular flexibility index (Phi) is 7.82. The van der Waals surface area contributed by atoms with Crippen molar-refractivity contribution in [3.8, 4) is 0 Å². The molecule has 1 saturated carbocycles. The number of aliphatic hydroxyl groups is 2. The smallest absolute Gasteiger partial charge is 0.248 e. The van der Waals surface area contributed by atoms with Crippen LogP contribution in [-0.4, -0.2) is 59.5 Å². The number of benzene rings is 1. The van der Waals surface area contributed by atoms with Gasteiger partial charge in [0.2, 0.25) is 5.91 Å². The number of fused-ring (bicyclic) bond motifs is 1. The number of aryl methyl sites for hydroxylation is 1. The summed E-state index contributed by atoms with van der Waals surface area (Å²) in [6, 6.07) is 8.22. The predicted octanol–water partition coefficient (Wildman–Crippen LogP) is 3.43. The minimum Gasteiger partial charge on any atom is -0.392 e. The van der Waals surface area contributed by atoms with Crippen LogP contribution in [0.4, 0.5) is 0 Å². The minimum atomic E-state index is -0.543. The normalized spacial score (nSPS) is 28.3. The lowest BCUT2D eigenvalue weighted by Gasteiger charge is -2.19. The molecule has 5 atom stereocenters. The zero-order valence-electron chi connectivity index (χ0n) is 19.2. The van der Waals surface area contributed by atoms with Crippen molar-refractivity contribution in [3.63, 3.8) is 0 Å². The van der Waals surface area contributed by atoms with Crippen LogP contribution in [0, 0.1) is 24.7 Å². The van der Waals surface area contributed by atoms with Crippen LogP contribution in [0.15, 0.2) is 48.1 Å². The number of hydrogen-bond acceptors (Lipinski definition) is 4. The Hall–Kier alpha value is -1.95. The van der Waals surface area contributed by atoms with Crippen molar-refractivity contribution in [1.82, 2.24) is 4.90 Å². The highest BCUT2D eigenvalue weighted by atomic mass is 16.5. The molecule has 2 N–H and O–H groups in total. The third-order valence-electron chi connectivity index (χ3n) is 7.28. The van der Waals surface area contributed by atoms with E-state index in [4.69, 9.17) is 4.74 Å². The SMILES string of the molecule is Cc1cccc(C[C@H](O)/C=C/[C@@H]2[C@H]3CC(CCOCC(=O)N4CCCC4)=C[C@H]3C[C@H]2O)c1. The number of ether oxygens (including phenoxy) is 1. The fourth-order valence-electron chi connectivity index (χ4n) is 5.62. The summed E-state index contributed by atoms with van der Waals surface area (Å²) in [5, 5.41) is 21.0. The van der Waals surface area contributed by atoms with Gasteiger partial charge in [-0.3, -0.25) is 4.79 Å². The molecule has 1 amide bonds. The number of hydrogen-bond donors (Lipinski definition) is 2. The van der Waals surface area contributed by atoms with E-state index in [2.05, 4.69) is 25.1 Å². The summed E-state index contributed by atoms with van der Waals surface area (Å²) in [6.07, 6.45) is 10.7. The average molecular weight is 440 g/mol. The molecule has 0 spiro atoms. The van der Waals surface area contributed by atoms with Crippen LogP contribution in [0.1, 0.15) is 43.2 Å². The molecule has 1 aromatic carbocycles. The van der Waals surface area contributed by atoms with E-state index in [-0.39, 0.29) is 24.5 Å². The maximum atomic E-state index is 12.1. The standard InChI is InChI=1S/C27H37NO4/c1-19-5-4-6-20(13-19)15-23(29)7-8-24-25-16-21(14-22(25)17-26(24)30)9-12-32-18-27(31)28-10-2-3-11-28/h4-8,13-14,22-26,29-30H,2-3,9-12,15-18H2,1H3/b8-7+/t22-,23+,24+,25-,26+/m0/s1. The Bertz CT molecular complexity index is 842. The zero-order chi connectivity index (χ0) is 22.5. The van der Waals surface area contributed by atoms with Gasteiger partial charge in [-0.2, -0.15) is 0 Å². The van der Waals surface area contributed by atoms with Gasteiger partial charge in [0.05, 0.1) is 18.8 Å². The molecule has 174 valence electrons. The number of aliphatic hydroxyl groups excluding tert-OH is 2. The third-order valence-corrected chi connectivity index (χ3v) is 7.28. The molecule has 0 aromatic heterocycles. The summed E-state index contributed by atoms with van der Waals surface area (Å²) in [4.78, 5) is 14.0. The first kappa shape index (κ1) is 23.2. The lowest BCUT2D eigenvalue weighted by atomic mass is 9.88. The Morgan fingerprint density at radius 2 is 2.12 bits per heavy atom. The van der Waals surface area contributed by atoms with Crippen molar-refractivity contribution in [2.45, 2.75) is 57.7 Å². The molecule has 1 aliphatic heterocycles. The van der Waals surface area contributed by atoms with Crippen LogP contribution in [-0.2, 0) is 16.0 Å². The van der Waals surface area contributed by atoms with Gasteiger partial charge in [-0.25, -0.2) is 0 Å². The highest BCUT2D eigenvalue weighted by Gasteiger charge is 2.43. The quantitative estimate of drug-likeness (QED) is 0.457. The van der Waals surface area contributed by atoms with Crippen LogP contribution in [0.2, 0.25) is 0 Å². The van der Waals surface area contributed by atoms with E-state index in [0.717, 1.165) is 50.8 Å². The van der Waals surface area contributed by atoms with Crippen molar-refractivity contribution in [2.24, 2.45) is 17.8 Å². The van der Waals surface area contributed by atoms with Crippen molar-refractivity contribution >= 4 is 5.91 Å². The van der Waals surface area contributed by atoms with Gasteiger partial charge in [0, 0.05) is 25.4 Å². The summed E-state index contributed by atoms with van der Waals surface area (Å²) in [6.45, 7) is 4.55. The summed E-state index contributed by atoms with van der Waals surface area (Å²) < 4.78 is 5.66. The van der Waals surface area contributed by atoms with E-state index >= 15 is 0 Å². The van der Waals surface area contributed by atoms with E-state index in [1.807, 2.05) is 29.2 Å². The maximum Gasteiger partial charge on any atom is 0.248 e. The molecule has 0 bridgehead atoms.